The maximum absolute atomic E-state index is 12.4. The first kappa shape index (κ1) is 20.1. The van der Waals surface area contributed by atoms with Crippen molar-refractivity contribution in [3.8, 4) is 6.07 Å². The van der Waals surface area contributed by atoms with Crippen LogP contribution in [0.3, 0.4) is 0 Å². The topological polar surface area (TPSA) is 86.4 Å². The molecule has 0 bridgehead atoms. The zero-order valence-electron chi connectivity index (χ0n) is 16.1. The highest BCUT2D eigenvalue weighted by atomic mass is 16.2. The van der Waals surface area contributed by atoms with Gasteiger partial charge in [-0.1, -0.05) is 18.2 Å². The molecule has 2 aromatic rings. The summed E-state index contributed by atoms with van der Waals surface area (Å²) >= 11 is 0. The highest BCUT2D eigenvalue weighted by Crippen LogP contribution is 2.17. The first-order chi connectivity index (χ1) is 12.8. The molecule has 2 rings (SSSR count). The van der Waals surface area contributed by atoms with Gasteiger partial charge in [-0.2, -0.15) is 5.26 Å². The van der Waals surface area contributed by atoms with Crippen LogP contribution in [0.25, 0.3) is 0 Å². The Morgan fingerprint density at radius 1 is 1.15 bits per heavy atom. The van der Waals surface area contributed by atoms with Gasteiger partial charge in [0.1, 0.15) is 0 Å². The number of carbonyl (C=O) groups is 2. The minimum absolute atomic E-state index is 0.146. The lowest BCUT2D eigenvalue weighted by molar-refractivity contribution is -0.885. The van der Waals surface area contributed by atoms with Crippen molar-refractivity contribution < 1.29 is 14.5 Å². The van der Waals surface area contributed by atoms with E-state index in [1.807, 2.05) is 38.1 Å². The molecule has 0 spiro atoms. The van der Waals surface area contributed by atoms with E-state index in [9.17, 15) is 9.59 Å². The fraction of sp³-hybridized carbons (Fsp3) is 0.286. The first-order valence-electron chi connectivity index (χ1n) is 8.81. The molecule has 27 heavy (non-hydrogen) atoms. The Kier molecular flexibility index (Phi) is 6.69. The highest BCUT2D eigenvalue weighted by Gasteiger charge is 2.24. The molecule has 1 unspecified atom stereocenters. The SMILES string of the molecule is Cc1cccc(NC(=O)C[NH+](C)[C@@H](C)C(=O)Nc2cccc(C#N)c2)c1C. The van der Waals surface area contributed by atoms with Gasteiger partial charge in [-0.15, -0.1) is 0 Å². The van der Waals surface area contributed by atoms with Crippen molar-refractivity contribution in [3.05, 3.63) is 59.2 Å². The molecule has 0 radical (unpaired) electrons. The lowest BCUT2D eigenvalue weighted by Gasteiger charge is -2.21. The molecule has 0 saturated carbocycles. The lowest BCUT2D eigenvalue weighted by atomic mass is 10.1. The normalized spacial score (nSPS) is 12.6. The number of amides is 2. The standard InChI is InChI=1S/C21H24N4O2/c1-14-7-5-10-19(15(14)2)24-20(26)13-25(4)16(3)21(27)23-18-9-6-8-17(11-18)12-22/h5-11,16H,13H2,1-4H3,(H,23,27)(H,24,26)/p+1/t16-/m0/s1. The monoisotopic (exact) mass is 365 g/mol. The Morgan fingerprint density at radius 3 is 2.56 bits per heavy atom. The Labute approximate surface area is 159 Å². The number of likely N-dealkylation sites (N-methyl/N-ethyl adjacent to an activating group) is 1. The van der Waals surface area contributed by atoms with Crippen LogP contribution < -0.4 is 15.5 Å². The molecule has 0 saturated heterocycles. The second-order valence-corrected chi connectivity index (χ2v) is 6.72. The van der Waals surface area contributed by atoms with Crippen LogP contribution in [-0.4, -0.2) is 31.4 Å². The zero-order chi connectivity index (χ0) is 20.0. The van der Waals surface area contributed by atoms with Crippen LogP contribution in [0.4, 0.5) is 11.4 Å². The summed E-state index contributed by atoms with van der Waals surface area (Å²) < 4.78 is 0. The molecule has 2 aromatic carbocycles. The largest absolute Gasteiger partial charge is 0.321 e. The molecular formula is C21H25N4O2+. The molecule has 2 atom stereocenters. The maximum atomic E-state index is 12.4. The summed E-state index contributed by atoms with van der Waals surface area (Å²) in [6.07, 6.45) is 0. The summed E-state index contributed by atoms with van der Waals surface area (Å²) in [5.74, 6) is -0.352. The Bertz CT molecular complexity index is 886. The van der Waals surface area contributed by atoms with Gasteiger partial charge in [0.2, 0.25) is 0 Å². The third-order valence-electron chi connectivity index (χ3n) is 4.71. The van der Waals surface area contributed by atoms with E-state index in [0.29, 0.717) is 11.3 Å². The molecule has 0 aliphatic carbocycles. The smallest absolute Gasteiger partial charge is 0.282 e. The van der Waals surface area contributed by atoms with Gasteiger partial charge in [0.25, 0.3) is 11.8 Å². The van der Waals surface area contributed by atoms with E-state index in [1.165, 1.54) is 0 Å². The van der Waals surface area contributed by atoms with Gasteiger partial charge >= 0.3 is 0 Å². The average molecular weight is 365 g/mol. The number of anilines is 2. The van der Waals surface area contributed by atoms with Crippen LogP contribution in [0.1, 0.15) is 23.6 Å². The van der Waals surface area contributed by atoms with E-state index in [4.69, 9.17) is 5.26 Å². The molecule has 2 amide bonds. The third-order valence-corrected chi connectivity index (χ3v) is 4.71. The third kappa shape index (κ3) is 5.40. The van der Waals surface area contributed by atoms with Crippen molar-refractivity contribution in [2.24, 2.45) is 0 Å². The number of hydrogen-bond donors (Lipinski definition) is 3. The van der Waals surface area contributed by atoms with Crippen molar-refractivity contribution in [1.82, 2.24) is 0 Å². The van der Waals surface area contributed by atoms with Gasteiger partial charge in [-0.05, 0) is 56.2 Å². The maximum Gasteiger partial charge on any atom is 0.282 e. The van der Waals surface area contributed by atoms with Gasteiger partial charge in [0.05, 0.1) is 18.7 Å². The van der Waals surface area contributed by atoms with E-state index in [-0.39, 0.29) is 18.4 Å². The number of nitrogens with zero attached hydrogens (tertiary/aromatic N) is 1. The highest BCUT2D eigenvalue weighted by molar-refractivity contribution is 5.95. The molecule has 0 aromatic heterocycles. The summed E-state index contributed by atoms with van der Waals surface area (Å²) in [6, 6.07) is 14.1. The van der Waals surface area contributed by atoms with Gasteiger partial charge in [-0.25, -0.2) is 0 Å². The summed E-state index contributed by atoms with van der Waals surface area (Å²) in [6.45, 7) is 5.90. The Hall–Kier alpha value is -3.17. The van der Waals surface area contributed by atoms with Crippen LogP contribution in [0, 0.1) is 25.2 Å². The summed E-state index contributed by atoms with van der Waals surface area (Å²) in [5.41, 5.74) is 3.98. The molecule has 140 valence electrons. The minimum Gasteiger partial charge on any atom is -0.321 e. The number of aryl methyl sites for hydroxylation is 1. The van der Waals surface area contributed by atoms with Crippen LogP contribution in [0.15, 0.2) is 42.5 Å². The van der Waals surface area contributed by atoms with Crippen LogP contribution in [0.5, 0.6) is 0 Å². The van der Waals surface area contributed by atoms with E-state index in [1.54, 1.807) is 38.2 Å². The van der Waals surface area contributed by atoms with E-state index < -0.39 is 6.04 Å². The summed E-state index contributed by atoms with van der Waals surface area (Å²) in [5, 5.41) is 14.6. The van der Waals surface area contributed by atoms with Gasteiger partial charge < -0.3 is 15.5 Å². The van der Waals surface area contributed by atoms with Crippen molar-refractivity contribution in [2.75, 3.05) is 24.2 Å². The molecule has 3 N–H and O–H groups in total. The number of carbonyl (C=O) groups excluding carboxylic acids is 2. The number of quaternary nitrogens is 1. The number of nitrogens with one attached hydrogen (secondary N) is 3. The zero-order valence-corrected chi connectivity index (χ0v) is 16.1. The molecule has 0 aliphatic rings. The molecule has 6 nitrogen and oxygen atoms in total. The van der Waals surface area contributed by atoms with Crippen LogP contribution in [-0.2, 0) is 9.59 Å². The molecule has 0 fully saturated rings. The fourth-order valence-electron chi connectivity index (χ4n) is 2.63. The summed E-state index contributed by atoms with van der Waals surface area (Å²) in [7, 11) is 1.80. The minimum atomic E-state index is -0.430. The number of benzene rings is 2. The van der Waals surface area contributed by atoms with Crippen molar-refractivity contribution in [2.45, 2.75) is 26.8 Å². The quantitative estimate of drug-likeness (QED) is 0.728. The van der Waals surface area contributed by atoms with Gasteiger partial charge in [-0.3, -0.25) is 9.59 Å². The van der Waals surface area contributed by atoms with Gasteiger partial charge in [0.15, 0.2) is 12.6 Å². The Balaban J connectivity index is 1.94. The van der Waals surface area contributed by atoms with Crippen molar-refractivity contribution >= 4 is 23.2 Å². The summed E-state index contributed by atoms with van der Waals surface area (Å²) in [4.78, 5) is 25.6. The lowest BCUT2D eigenvalue weighted by Crippen LogP contribution is -3.14. The number of nitriles is 1. The molecular weight excluding hydrogens is 340 g/mol. The van der Waals surface area contributed by atoms with Crippen molar-refractivity contribution in [1.29, 1.82) is 5.26 Å². The number of hydrogen-bond acceptors (Lipinski definition) is 3. The van der Waals surface area contributed by atoms with E-state index in [0.717, 1.165) is 21.7 Å². The fourth-order valence-corrected chi connectivity index (χ4v) is 2.63. The number of rotatable bonds is 6. The van der Waals surface area contributed by atoms with Crippen molar-refractivity contribution in [3.63, 3.8) is 0 Å². The average Bonchev–Trinajstić information content (AvgIpc) is 2.64. The predicted octanol–water partition coefficient (Wildman–Crippen LogP) is 1.66. The van der Waals surface area contributed by atoms with Gasteiger partial charge in [0, 0.05) is 11.4 Å². The van der Waals surface area contributed by atoms with Crippen LogP contribution >= 0.6 is 0 Å². The second-order valence-electron chi connectivity index (χ2n) is 6.72. The molecule has 0 heterocycles. The predicted molar refractivity (Wildman–Crippen MR) is 106 cm³/mol. The first-order valence-corrected chi connectivity index (χ1v) is 8.81. The molecule has 0 aliphatic heterocycles. The van der Waals surface area contributed by atoms with Crippen LogP contribution in [0.2, 0.25) is 0 Å². The second kappa shape index (κ2) is 8.97. The Morgan fingerprint density at radius 2 is 1.85 bits per heavy atom. The molecule has 6 heteroatoms. The van der Waals surface area contributed by atoms with E-state index >= 15 is 0 Å². The van der Waals surface area contributed by atoms with E-state index in [2.05, 4.69) is 10.6 Å².